The van der Waals surface area contributed by atoms with Crippen LogP contribution in [0.25, 0.3) is 66.8 Å². The van der Waals surface area contributed by atoms with E-state index in [-0.39, 0.29) is 0 Å². The molecule has 5 heteroatoms. The van der Waals surface area contributed by atoms with Crippen LogP contribution in [0.3, 0.4) is 0 Å². The molecule has 0 radical (unpaired) electrons. The van der Waals surface area contributed by atoms with Crippen LogP contribution in [0.15, 0.2) is 315 Å². The molecular formula is C72H52N4Si. The second kappa shape index (κ2) is 19.4. The summed E-state index contributed by atoms with van der Waals surface area (Å²) in [4.78, 5) is 0. The highest BCUT2D eigenvalue weighted by Gasteiger charge is 2.65. The van der Waals surface area contributed by atoms with Crippen LogP contribution in [-0.2, 0) is 0 Å². The zero-order chi connectivity index (χ0) is 51.1. The Labute approximate surface area is 452 Å². The topological polar surface area (TPSA) is 13.0 Å². The van der Waals surface area contributed by atoms with Gasteiger partial charge in [0.25, 0.3) is 0 Å². The van der Waals surface area contributed by atoms with E-state index < -0.39 is 8.72 Å². The van der Waals surface area contributed by atoms with E-state index in [1.54, 1.807) is 0 Å². The first kappa shape index (κ1) is 45.7. The molecule has 2 aliphatic heterocycles. The average Bonchev–Trinajstić information content (AvgIpc) is 3.82. The van der Waals surface area contributed by atoms with Crippen molar-refractivity contribution in [1.82, 2.24) is 0 Å². The summed E-state index contributed by atoms with van der Waals surface area (Å²) in [6.07, 6.45) is 0. The Balaban J connectivity index is 1.17. The third-order valence-corrected chi connectivity index (χ3v) is 19.7. The van der Waals surface area contributed by atoms with E-state index >= 15 is 0 Å². The van der Waals surface area contributed by atoms with Gasteiger partial charge < -0.3 is 18.3 Å². The summed E-state index contributed by atoms with van der Waals surface area (Å²) in [6, 6.07) is 117. The zero-order valence-electron chi connectivity index (χ0n) is 42.3. The number of nitrogens with zero attached hydrogens (tertiary/aromatic N) is 4. The van der Waals surface area contributed by atoms with Crippen LogP contribution >= 0.6 is 0 Å². The van der Waals surface area contributed by atoms with Gasteiger partial charge >= 0.3 is 8.72 Å². The number of benzene rings is 12. The van der Waals surface area contributed by atoms with Crippen LogP contribution < -0.4 is 18.3 Å². The summed E-state index contributed by atoms with van der Waals surface area (Å²) in [5.41, 5.74) is 22.6. The van der Waals surface area contributed by atoms with Crippen molar-refractivity contribution in [2.45, 2.75) is 0 Å². The molecule has 0 unspecified atom stereocenters. The SMILES string of the molecule is c1ccc(-c2ccc(N3c4ccccc4-c4ccccc4N(c4ccc(-c5ccccc5)cc4)[Si]34N(c3ccc(-c5ccccc5)cc3)c3ccccc3-c3ccccc3N4c3ccc(-c4ccccc4)cc3)cc2)cc1. The fourth-order valence-corrected chi connectivity index (χ4v) is 17.1. The first-order chi connectivity index (χ1) is 38.2. The van der Waals surface area contributed by atoms with Gasteiger partial charge in [-0.3, -0.25) is 0 Å². The molecule has 364 valence electrons. The third kappa shape index (κ3) is 7.83. The van der Waals surface area contributed by atoms with E-state index in [2.05, 4.69) is 334 Å². The number of anilines is 8. The molecule has 0 fully saturated rings. The molecule has 1 spiro atoms. The Bertz CT molecular complexity index is 3480. The Hall–Kier alpha value is -9.94. The van der Waals surface area contributed by atoms with Crippen molar-refractivity contribution in [3.63, 3.8) is 0 Å². The van der Waals surface area contributed by atoms with Crippen molar-refractivity contribution in [2.24, 2.45) is 0 Å². The molecular weight excluding hydrogens is 949 g/mol. The van der Waals surface area contributed by atoms with Crippen LogP contribution in [-0.4, -0.2) is 8.72 Å². The maximum atomic E-state index is 2.76. The number of hydrogen-bond donors (Lipinski definition) is 0. The molecule has 12 aromatic carbocycles. The molecule has 0 N–H and O–H groups in total. The molecule has 12 aromatic rings. The van der Waals surface area contributed by atoms with Crippen molar-refractivity contribution in [3.8, 4) is 66.8 Å². The number of hydrogen-bond acceptors (Lipinski definition) is 4. The Morgan fingerprint density at radius 2 is 0.325 bits per heavy atom. The highest BCUT2D eigenvalue weighted by Crippen LogP contribution is 2.59. The van der Waals surface area contributed by atoms with Gasteiger partial charge in [0.05, 0.1) is 0 Å². The van der Waals surface area contributed by atoms with Crippen LogP contribution in [0.4, 0.5) is 45.5 Å². The predicted octanol–water partition coefficient (Wildman–Crippen LogP) is 19.4. The van der Waals surface area contributed by atoms with Gasteiger partial charge in [0.15, 0.2) is 0 Å². The quantitative estimate of drug-likeness (QED) is 0.141. The van der Waals surface area contributed by atoms with Gasteiger partial charge in [0, 0.05) is 67.8 Å². The van der Waals surface area contributed by atoms with E-state index in [9.17, 15) is 0 Å². The lowest BCUT2D eigenvalue weighted by molar-refractivity contribution is 1.10. The van der Waals surface area contributed by atoms with Gasteiger partial charge in [0.1, 0.15) is 0 Å². The third-order valence-electron chi connectivity index (χ3n) is 15.3. The maximum Gasteiger partial charge on any atom is 0.521 e. The van der Waals surface area contributed by atoms with E-state index in [0.717, 1.165) is 90.0 Å². The lowest BCUT2D eigenvalue weighted by atomic mass is 10.0. The van der Waals surface area contributed by atoms with Gasteiger partial charge in [-0.25, -0.2) is 0 Å². The number of fused-ring (bicyclic) bond motifs is 6. The Morgan fingerprint density at radius 1 is 0.156 bits per heavy atom. The first-order valence-corrected chi connectivity index (χ1v) is 28.2. The van der Waals surface area contributed by atoms with Gasteiger partial charge in [-0.15, -0.1) is 0 Å². The largest absolute Gasteiger partial charge is 0.521 e. The Morgan fingerprint density at radius 3 is 0.532 bits per heavy atom. The maximum absolute atomic E-state index is 4.21. The lowest BCUT2D eigenvalue weighted by Gasteiger charge is -2.58. The average molecular weight is 1000 g/mol. The molecule has 0 bridgehead atoms. The molecule has 0 aliphatic carbocycles. The molecule has 4 nitrogen and oxygen atoms in total. The Kier molecular flexibility index (Phi) is 11.5. The summed E-state index contributed by atoms with van der Waals surface area (Å²) in [7, 11) is -4.21. The molecule has 0 atom stereocenters. The minimum atomic E-state index is -4.21. The minimum absolute atomic E-state index is 1.07. The number of rotatable bonds is 8. The molecule has 77 heavy (non-hydrogen) atoms. The monoisotopic (exact) mass is 1000 g/mol. The van der Waals surface area contributed by atoms with Gasteiger partial charge in [-0.05, 0) is 117 Å². The summed E-state index contributed by atoms with van der Waals surface area (Å²) in [5.74, 6) is 0. The molecule has 2 aliphatic rings. The first-order valence-electron chi connectivity index (χ1n) is 26.4. The van der Waals surface area contributed by atoms with Crippen molar-refractivity contribution in [2.75, 3.05) is 18.3 Å². The van der Waals surface area contributed by atoms with E-state index in [1.165, 1.54) is 22.3 Å². The predicted molar refractivity (Wildman–Crippen MR) is 326 cm³/mol. The number of para-hydroxylation sites is 4. The highest BCUT2D eigenvalue weighted by molar-refractivity contribution is 6.97. The van der Waals surface area contributed by atoms with Crippen molar-refractivity contribution < 1.29 is 0 Å². The van der Waals surface area contributed by atoms with Crippen molar-refractivity contribution in [1.29, 1.82) is 0 Å². The van der Waals surface area contributed by atoms with Crippen LogP contribution in [0, 0.1) is 0 Å². The molecule has 2 heterocycles. The molecule has 14 rings (SSSR count). The summed E-state index contributed by atoms with van der Waals surface area (Å²) in [5, 5.41) is 0. The summed E-state index contributed by atoms with van der Waals surface area (Å²) in [6.45, 7) is 0. The van der Waals surface area contributed by atoms with Crippen LogP contribution in [0.1, 0.15) is 0 Å². The molecule has 0 amide bonds. The zero-order valence-corrected chi connectivity index (χ0v) is 43.3. The van der Waals surface area contributed by atoms with Gasteiger partial charge in [-0.2, -0.15) is 0 Å². The van der Waals surface area contributed by atoms with E-state index in [0.29, 0.717) is 0 Å². The standard InChI is InChI=1S/C72H52N4Si/c1-5-21-53(22-6-1)57-37-45-61(46-38-57)73-69-33-17-13-29-65(69)66-30-14-18-34-70(66)74(62-47-39-58(40-48-62)54-23-7-2-8-24-54)77(73)75(63-49-41-59(42-50-63)55-25-9-3-10-26-55)71-35-19-15-31-67(71)68-32-16-20-36-72(68)76(77)64-51-43-60(44-52-64)56-27-11-4-12-28-56/h1-52H. The molecule has 0 saturated heterocycles. The van der Waals surface area contributed by atoms with Gasteiger partial charge in [0.2, 0.25) is 0 Å². The van der Waals surface area contributed by atoms with Crippen LogP contribution in [0.5, 0.6) is 0 Å². The van der Waals surface area contributed by atoms with Crippen molar-refractivity contribution >= 4 is 54.2 Å². The van der Waals surface area contributed by atoms with Crippen molar-refractivity contribution in [3.05, 3.63) is 315 Å². The fourth-order valence-electron chi connectivity index (χ4n) is 11.8. The highest BCUT2D eigenvalue weighted by atomic mass is 28.4. The smallest absolute Gasteiger partial charge is 0.315 e. The summed E-state index contributed by atoms with van der Waals surface area (Å²) >= 11 is 0. The second-order valence-electron chi connectivity index (χ2n) is 19.7. The van der Waals surface area contributed by atoms with Crippen LogP contribution in [0.2, 0.25) is 0 Å². The fraction of sp³-hybridized carbons (Fsp3) is 0. The second-order valence-corrected chi connectivity index (χ2v) is 22.7. The van der Waals surface area contributed by atoms with Gasteiger partial charge in [-0.1, -0.05) is 243 Å². The van der Waals surface area contributed by atoms with E-state index in [1.807, 2.05) is 0 Å². The summed E-state index contributed by atoms with van der Waals surface area (Å²) < 4.78 is 11.0. The van der Waals surface area contributed by atoms with E-state index in [4.69, 9.17) is 0 Å². The normalized spacial score (nSPS) is 13.2. The molecule has 0 saturated carbocycles. The minimum Gasteiger partial charge on any atom is -0.315 e. The molecule has 0 aromatic heterocycles. The lowest BCUT2D eigenvalue weighted by Crippen LogP contribution is -2.80.